The molecule has 0 aliphatic carbocycles. The second-order valence-corrected chi connectivity index (χ2v) is 7.36. The lowest BCUT2D eigenvalue weighted by Gasteiger charge is -2.25. The van der Waals surface area contributed by atoms with E-state index in [1.54, 1.807) is 25.2 Å². The number of carbonyl (C=O) groups excluding carboxylic acids is 1. The Labute approximate surface area is 163 Å². The van der Waals surface area contributed by atoms with Gasteiger partial charge in [0.2, 0.25) is 0 Å². The summed E-state index contributed by atoms with van der Waals surface area (Å²) < 4.78 is 1.23. The molecule has 1 atom stereocenters. The summed E-state index contributed by atoms with van der Waals surface area (Å²) in [6.07, 6.45) is 2.44. The van der Waals surface area contributed by atoms with Gasteiger partial charge in [-0.05, 0) is 6.07 Å². The Kier molecular flexibility index (Phi) is 5.21. The Morgan fingerprint density at radius 2 is 1.71 bits per heavy atom. The number of carbonyl (C=O) groups is 1. The normalized spacial score (nSPS) is 15.6. The smallest absolute Gasteiger partial charge is 0.274 e. The Bertz CT molecular complexity index is 1040. The third-order valence-electron chi connectivity index (χ3n) is 5.58. The predicted molar refractivity (Wildman–Crippen MR) is 108 cm³/mol. The van der Waals surface area contributed by atoms with E-state index in [1.165, 1.54) is 28.0 Å². The van der Waals surface area contributed by atoms with Gasteiger partial charge < -0.3 is 10.2 Å². The average Bonchev–Trinajstić information content (AvgIpc) is 3.26. The van der Waals surface area contributed by atoms with Crippen LogP contribution >= 0.6 is 0 Å². The summed E-state index contributed by atoms with van der Waals surface area (Å²) in [6.45, 7) is 2.78. The summed E-state index contributed by atoms with van der Waals surface area (Å²) in [5, 5.41) is 8.41. The minimum atomic E-state index is -0.244. The molecule has 0 spiro atoms. The van der Waals surface area contributed by atoms with E-state index in [1.807, 2.05) is 24.3 Å². The molecule has 6 heteroatoms. The zero-order valence-electron chi connectivity index (χ0n) is 16.0. The molecule has 6 nitrogen and oxygen atoms in total. The maximum absolute atomic E-state index is 13.0. The van der Waals surface area contributed by atoms with E-state index in [4.69, 9.17) is 0 Å². The summed E-state index contributed by atoms with van der Waals surface area (Å²) in [7, 11) is 1.58. The van der Waals surface area contributed by atoms with Gasteiger partial charge in [0.1, 0.15) is 6.04 Å². The highest BCUT2D eigenvalue weighted by molar-refractivity contribution is 6.04. The molecule has 2 heterocycles. The molecule has 2 N–H and O–H groups in total. The number of benzene rings is 2. The van der Waals surface area contributed by atoms with Gasteiger partial charge in [-0.2, -0.15) is 5.10 Å². The van der Waals surface area contributed by atoms with Crippen molar-refractivity contribution in [1.29, 1.82) is 0 Å². The maximum Gasteiger partial charge on any atom is 0.274 e. The lowest BCUT2D eigenvalue weighted by Crippen LogP contribution is -3.11. The number of amides is 1. The summed E-state index contributed by atoms with van der Waals surface area (Å²) in [5.74, 6) is -0.244. The molecule has 0 bridgehead atoms. The first-order valence-corrected chi connectivity index (χ1v) is 9.79. The fourth-order valence-electron chi connectivity index (χ4n) is 4.11. The molecule has 144 valence electrons. The zero-order chi connectivity index (χ0) is 19.5. The van der Waals surface area contributed by atoms with Gasteiger partial charge in [-0.3, -0.25) is 9.59 Å². The molecule has 0 radical (unpaired) electrons. The second-order valence-electron chi connectivity index (χ2n) is 7.36. The van der Waals surface area contributed by atoms with Crippen LogP contribution in [0.1, 0.15) is 34.9 Å². The van der Waals surface area contributed by atoms with Crippen LogP contribution in [0.15, 0.2) is 59.4 Å². The molecule has 0 saturated carbocycles. The van der Waals surface area contributed by atoms with Crippen LogP contribution in [-0.4, -0.2) is 35.3 Å². The summed E-state index contributed by atoms with van der Waals surface area (Å²) in [5.41, 5.74) is 1.33. The fourth-order valence-corrected chi connectivity index (χ4v) is 4.11. The standard InChI is InChI=1S/C22H24N4O2/c1-25-22(28)18-12-6-5-11-17(18)20(24-25)21(27)23-15-19(26-13-7-8-14-26)16-9-3-2-4-10-16/h2-6,9-12,19H,7-8,13-15H2,1H3,(H,23,27)/p+1/t19-/m1/s1. The van der Waals surface area contributed by atoms with Crippen molar-refractivity contribution >= 4 is 16.7 Å². The number of fused-ring (bicyclic) bond motifs is 1. The number of hydrogen-bond donors (Lipinski definition) is 2. The Hall–Kier alpha value is -2.99. The fraction of sp³-hybridized carbons (Fsp3) is 0.318. The van der Waals surface area contributed by atoms with Crippen molar-refractivity contribution in [2.75, 3.05) is 19.6 Å². The molecular weight excluding hydrogens is 352 g/mol. The van der Waals surface area contributed by atoms with Crippen LogP contribution in [0.5, 0.6) is 0 Å². The van der Waals surface area contributed by atoms with Gasteiger partial charge in [-0.1, -0.05) is 48.5 Å². The number of likely N-dealkylation sites (tertiary alicyclic amines) is 1. The first-order valence-electron chi connectivity index (χ1n) is 9.79. The second kappa shape index (κ2) is 7.94. The van der Waals surface area contributed by atoms with Crippen LogP contribution in [0.2, 0.25) is 0 Å². The zero-order valence-corrected chi connectivity index (χ0v) is 16.0. The average molecular weight is 377 g/mol. The van der Waals surface area contributed by atoms with Gasteiger partial charge in [-0.25, -0.2) is 4.68 Å². The lowest BCUT2D eigenvalue weighted by molar-refractivity contribution is -0.918. The van der Waals surface area contributed by atoms with Crippen molar-refractivity contribution in [2.45, 2.75) is 18.9 Å². The minimum Gasteiger partial charge on any atom is -0.344 e. The highest BCUT2D eigenvalue weighted by atomic mass is 16.2. The number of aromatic nitrogens is 2. The number of aryl methyl sites for hydroxylation is 1. The van der Waals surface area contributed by atoms with E-state index in [0.29, 0.717) is 23.0 Å². The molecule has 1 aromatic heterocycles. The van der Waals surface area contributed by atoms with Crippen LogP contribution < -0.4 is 15.8 Å². The SMILES string of the molecule is Cn1nc(C(=O)NC[C@H](c2ccccc2)[NH+]2CCCC2)c2ccccc2c1=O. The predicted octanol–water partition coefficient (Wildman–Crippen LogP) is 1.08. The van der Waals surface area contributed by atoms with E-state index >= 15 is 0 Å². The molecule has 1 aliphatic heterocycles. The molecule has 1 amide bonds. The largest absolute Gasteiger partial charge is 0.344 e. The number of nitrogens with one attached hydrogen (secondary N) is 2. The van der Waals surface area contributed by atoms with Gasteiger partial charge in [0, 0.05) is 30.8 Å². The van der Waals surface area contributed by atoms with Gasteiger partial charge in [0.15, 0.2) is 5.69 Å². The van der Waals surface area contributed by atoms with E-state index in [9.17, 15) is 9.59 Å². The molecule has 0 unspecified atom stereocenters. The molecular formula is C22H25N4O2+. The summed E-state index contributed by atoms with van der Waals surface area (Å²) in [6, 6.07) is 17.7. The number of quaternary nitrogens is 1. The molecule has 4 rings (SSSR count). The molecule has 28 heavy (non-hydrogen) atoms. The van der Waals surface area contributed by atoms with Gasteiger partial charge in [-0.15, -0.1) is 0 Å². The monoisotopic (exact) mass is 377 g/mol. The van der Waals surface area contributed by atoms with Gasteiger partial charge >= 0.3 is 0 Å². The van der Waals surface area contributed by atoms with Crippen LogP contribution in [0, 0.1) is 0 Å². The van der Waals surface area contributed by atoms with Crippen molar-refractivity contribution in [3.8, 4) is 0 Å². The molecule has 3 aromatic rings. The molecule has 1 fully saturated rings. The number of rotatable bonds is 5. The van der Waals surface area contributed by atoms with Crippen molar-refractivity contribution in [3.63, 3.8) is 0 Å². The number of hydrogen-bond acceptors (Lipinski definition) is 3. The van der Waals surface area contributed by atoms with Crippen LogP contribution in [0.3, 0.4) is 0 Å². The minimum absolute atomic E-state index is 0.198. The van der Waals surface area contributed by atoms with Crippen LogP contribution in [0.25, 0.3) is 10.8 Å². The van der Waals surface area contributed by atoms with Crippen LogP contribution in [0.4, 0.5) is 0 Å². The van der Waals surface area contributed by atoms with Crippen molar-refractivity contribution in [3.05, 3.63) is 76.2 Å². The van der Waals surface area contributed by atoms with Crippen molar-refractivity contribution in [1.82, 2.24) is 15.1 Å². The highest BCUT2D eigenvalue weighted by Gasteiger charge is 2.28. The topological polar surface area (TPSA) is 68.4 Å². The van der Waals surface area contributed by atoms with E-state index < -0.39 is 0 Å². The first kappa shape index (κ1) is 18.4. The van der Waals surface area contributed by atoms with Gasteiger partial charge in [0.25, 0.3) is 11.5 Å². The third-order valence-corrected chi connectivity index (χ3v) is 5.58. The van der Waals surface area contributed by atoms with E-state index in [0.717, 1.165) is 13.1 Å². The quantitative estimate of drug-likeness (QED) is 0.699. The van der Waals surface area contributed by atoms with Gasteiger partial charge in [0.05, 0.1) is 25.0 Å². The summed E-state index contributed by atoms with van der Waals surface area (Å²) >= 11 is 0. The summed E-state index contributed by atoms with van der Waals surface area (Å²) in [4.78, 5) is 26.8. The third kappa shape index (κ3) is 3.55. The van der Waals surface area contributed by atoms with Crippen LogP contribution in [-0.2, 0) is 7.05 Å². The maximum atomic E-state index is 13.0. The molecule has 1 saturated heterocycles. The highest BCUT2D eigenvalue weighted by Crippen LogP contribution is 2.14. The molecule has 1 aliphatic rings. The van der Waals surface area contributed by atoms with E-state index in [2.05, 4.69) is 22.5 Å². The Balaban J connectivity index is 1.60. The van der Waals surface area contributed by atoms with Crippen molar-refractivity contribution in [2.24, 2.45) is 7.05 Å². The van der Waals surface area contributed by atoms with Crippen molar-refractivity contribution < 1.29 is 9.69 Å². The van der Waals surface area contributed by atoms with E-state index in [-0.39, 0.29) is 17.5 Å². The first-order chi connectivity index (χ1) is 13.6. The molecule has 2 aromatic carbocycles. The lowest BCUT2D eigenvalue weighted by atomic mass is 10.1. The Morgan fingerprint density at radius 1 is 1.07 bits per heavy atom. The number of nitrogens with zero attached hydrogens (tertiary/aromatic N) is 2. The Morgan fingerprint density at radius 3 is 2.43 bits per heavy atom.